The van der Waals surface area contributed by atoms with Crippen molar-refractivity contribution in [2.75, 3.05) is 23.9 Å². The Bertz CT molecular complexity index is 816. The molecule has 3 rings (SSSR count). The smallest absolute Gasteiger partial charge is 0.229 e. The second-order valence-corrected chi connectivity index (χ2v) is 6.40. The number of benzene rings is 2. The highest BCUT2D eigenvalue weighted by Crippen LogP contribution is 2.28. The van der Waals surface area contributed by atoms with E-state index in [9.17, 15) is 9.59 Å². The summed E-state index contributed by atoms with van der Waals surface area (Å²) in [5, 5.41) is 2.92. The number of ether oxygens (including phenoxy) is 1. The third-order valence-corrected chi connectivity index (χ3v) is 4.64. The lowest BCUT2D eigenvalue weighted by Gasteiger charge is -2.17. The van der Waals surface area contributed by atoms with Crippen molar-refractivity contribution in [2.24, 2.45) is 5.92 Å². The van der Waals surface area contributed by atoms with Crippen LogP contribution in [0.15, 0.2) is 42.5 Å². The summed E-state index contributed by atoms with van der Waals surface area (Å²) in [4.78, 5) is 26.5. The van der Waals surface area contributed by atoms with Crippen LogP contribution in [0.1, 0.15) is 17.5 Å². The second kappa shape index (κ2) is 6.97. The molecule has 0 saturated carbocycles. The first-order valence-electron chi connectivity index (χ1n) is 8.30. The molecule has 0 aliphatic carbocycles. The van der Waals surface area contributed by atoms with E-state index in [2.05, 4.69) is 5.32 Å². The van der Waals surface area contributed by atoms with Gasteiger partial charge >= 0.3 is 0 Å². The SMILES string of the molecule is COc1cccc(N2CC(C(=O)Nc3ccc(C)c(C)c3)CC2=O)c1. The van der Waals surface area contributed by atoms with Crippen LogP contribution in [0, 0.1) is 19.8 Å². The number of hydrogen-bond donors (Lipinski definition) is 1. The van der Waals surface area contributed by atoms with Gasteiger partial charge in [0.05, 0.1) is 13.0 Å². The molecule has 1 heterocycles. The van der Waals surface area contributed by atoms with Gasteiger partial charge in [-0.25, -0.2) is 0 Å². The molecule has 1 aliphatic rings. The molecule has 25 heavy (non-hydrogen) atoms. The Hall–Kier alpha value is -2.82. The van der Waals surface area contributed by atoms with Crippen molar-refractivity contribution in [3.05, 3.63) is 53.6 Å². The third kappa shape index (κ3) is 3.65. The van der Waals surface area contributed by atoms with E-state index in [0.29, 0.717) is 12.3 Å². The number of aryl methyl sites for hydroxylation is 2. The zero-order valence-electron chi connectivity index (χ0n) is 14.7. The summed E-state index contributed by atoms with van der Waals surface area (Å²) in [6.07, 6.45) is 0.216. The van der Waals surface area contributed by atoms with Crippen LogP contribution in [0.4, 0.5) is 11.4 Å². The quantitative estimate of drug-likeness (QED) is 0.930. The van der Waals surface area contributed by atoms with Gasteiger partial charge < -0.3 is 15.0 Å². The fraction of sp³-hybridized carbons (Fsp3) is 0.300. The molecule has 0 spiro atoms. The van der Waals surface area contributed by atoms with E-state index in [4.69, 9.17) is 4.74 Å². The van der Waals surface area contributed by atoms with E-state index >= 15 is 0 Å². The van der Waals surface area contributed by atoms with E-state index in [1.54, 1.807) is 12.0 Å². The Morgan fingerprint density at radius 2 is 1.96 bits per heavy atom. The Kier molecular flexibility index (Phi) is 4.74. The zero-order valence-corrected chi connectivity index (χ0v) is 14.7. The molecule has 1 N–H and O–H groups in total. The molecule has 0 radical (unpaired) electrons. The zero-order chi connectivity index (χ0) is 18.0. The van der Waals surface area contributed by atoms with Gasteiger partial charge in [0.2, 0.25) is 11.8 Å². The molecule has 5 nitrogen and oxygen atoms in total. The highest BCUT2D eigenvalue weighted by molar-refractivity contribution is 6.03. The van der Waals surface area contributed by atoms with Crippen molar-refractivity contribution in [1.82, 2.24) is 0 Å². The van der Waals surface area contributed by atoms with E-state index in [1.165, 1.54) is 5.56 Å². The summed E-state index contributed by atoms with van der Waals surface area (Å²) in [6.45, 7) is 4.42. The summed E-state index contributed by atoms with van der Waals surface area (Å²) >= 11 is 0. The largest absolute Gasteiger partial charge is 0.497 e. The van der Waals surface area contributed by atoms with Gasteiger partial charge in [-0.3, -0.25) is 9.59 Å². The average Bonchev–Trinajstić information content (AvgIpc) is 3.00. The topological polar surface area (TPSA) is 58.6 Å². The number of carbonyl (C=O) groups excluding carboxylic acids is 2. The van der Waals surface area contributed by atoms with Crippen molar-refractivity contribution < 1.29 is 14.3 Å². The standard InChI is InChI=1S/C20H22N2O3/c1-13-7-8-16(9-14(13)2)21-20(24)15-10-19(23)22(12-15)17-5-4-6-18(11-17)25-3/h4-9,11,15H,10,12H2,1-3H3,(H,21,24). The second-order valence-electron chi connectivity index (χ2n) is 6.40. The fourth-order valence-corrected chi connectivity index (χ4v) is 2.97. The molecule has 2 aromatic rings. The van der Waals surface area contributed by atoms with Gasteiger partial charge in [-0.2, -0.15) is 0 Å². The summed E-state index contributed by atoms with van der Waals surface area (Å²) in [5.74, 6) is 0.157. The van der Waals surface area contributed by atoms with E-state index in [-0.39, 0.29) is 24.2 Å². The lowest BCUT2D eigenvalue weighted by atomic mass is 10.1. The molecule has 2 amide bonds. The minimum atomic E-state index is -0.361. The van der Waals surface area contributed by atoms with Crippen LogP contribution in [0.25, 0.3) is 0 Å². The Labute approximate surface area is 147 Å². The van der Waals surface area contributed by atoms with Gasteiger partial charge in [0.15, 0.2) is 0 Å². The molecule has 0 aromatic heterocycles. The van der Waals surface area contributed by atoms with Crippen LogP contribution < -0.4 is 15.0 Å². The molecule has 130 valence electrons. The Balaban J connectivity index is 1.70. The first-order valence-corrected chi connectivity index (χ1v) is 8.30. The maximum Gasteiger partial charge on any atom is 0.229 e. The lowest BCUT2D eigenvalue weighted by Crippen LogP contribution is -2.28. The molecular formula is C20H22N2O3. The number of methoxy groups -OCH3 is 1. The summed E-state index contributed by atoms with van der Waals surface area (Å²) in [5.41, 5.74) is 3.82. The van der Waals surface area contributed by atoms with Gasteiger partial charge in [-0.1, -0.05) is 12.1 Å². The molecule has 1 fully saturated rings. The van der Waals surface area contributed by atoms with Gasteiger partial charge in [-0.05, 0) is 49.2 Å². The van der Waals surface area contributed by atoms with E-state index in [0.717, 1.165) is 16.9 Å². The predicted molar refractivity (Wildman–Crippen MR) is 98.0 cm³/mol. The molecule has 1 saturated heterocycles. The van der Waals surface area contributed by atoms with Gasteiger partial charge in [0.1, 0.15) is 5.75 Å². The molecule has 1 unspecified atom stereocenters. The average molecular weight is 338 g/mol. The molecule has 0 bridgehead atoms. The minimum Gasteiger partial charge on any atom is -0.497 e. The number of amides is 2. The van der Waals surface area contributed by atoms with Crippen molar-refractivity contribution in [3.8, 4) is 5.75 Å². The monoisotopic (exact) mass is 338 g/mol. The number of anilines is 2. The van der Waals surface area contributed by atoms with Crippen LogP contribution in [-0.2, 0) is 9.59 Å². The van der Waals surface area contributed by atoms with Gasteiger partial charge in [0, 0.05) is 30.4 Å². The van der Waals surface area contributed by atoms with E-state index < -0.39 is 0 Å². The maximum atomic E-state index is 12.5. The fourth-order valence-electron chi connectivity index (χ4n) is 2.97. The maximum absolute atomic E-state index is 12.5. The van der Waals surface area contributed by atoms with Crippen molar-refractivity contribution in [1.29, 1.82) is 0 Å². The summed E-state index contributed by atoms with van der Waals surface area (Å²) in [7, 11) is 1.59. The normalized spacial score (nSPS) is 16.8. The number of nitrogens with zero attached hydrogens (tertiary/aromatic N) is 1. The molecule has 1 aliphatic heterocycles. The Morgan fingerprint density at radius 3 is 2.68 bits per heavy atom. The number of hydrogen-bond acceptors (Lipinski definition) is 3. The molecular weight excluding hydrogens is 316 g/mol. The van der Waals surface area contributed by atoms with Crippen molar-refractivity contribution in [3.63, 3.8) is 0 Å². The van der Waals surface area contributed by atoms with Crippen LogP contribution in [0.3, 0.4) is 0 Å². The predicted octanol–water partition coefficient (Wildman–Crippen LogP) is 3.30. The van der Waals surface area contributed by atoms with Crippen molar-refractivity contribution >= 4 is 23.2 Å². The Morgan fingerprint density at radius 1 is 1.16 bits per heavy atom. The van der Waals surface area contributed by atoms with Crippen LogP contribution in [0.2, 0.25) is 0 Å². The minimum absolute atomic E-state index is 0.0477. The number of carbonyl (C=O) groups is 2. The first-order chi connectivity index (χ1) is 12.0. The third-order valence-electron chi connectivity index (χ3n) is 4.64. The highest BCUT2D eigenvalue weighted by atomic mass is 16.5. The lowest BCUT2D eigenvalue weighted by molar-refractivity contribution is -0.122. The molecule has 2 aromatic carbocycles. The van der Waals surface area contributed by atoms with E-state index in [1.807, 2.05) is 56.3 Å². The number of rotatable bonds is 4. The molecule has 1 atom stereocenters. The first kappa shape index (κ1) is 17.0. The highest BCUT2D eigenvalue weighted by Gasteiger charge is 2.35. The summed E-state index contributed by atoms with van der Waals surface area (Å²) < 4.78 is 5.21. The van der Waals surface area contributed by atoms with Crippen LogP contribution in [0.5, 0.6) is 5.75 Å². The van der Waals surface area contributed by atoms with Gasteiger partial charge in [0.25, 0.3) is 0 Å². The van der Waals surface area contributed by atoms with Crippen molar-refractivity contribution in [2.45, 2.75) is 20.3 Å². The number of nitrogens with one attached hydrogen (secondary N) is 1. The molecule has 5 heteroatoms. The summed E-state index contributed by atoms with van der Waals surface area (Å²) in [6, 6.07) is 13.1. The van der Waals surface area contributed by atoms with Gasteiger partial charge in [-0.15, -0.1) is 0 Å². The van der Waals surface area contributed by atoms with Crippen LogP contribution >= 0.6 is 0 Å². The van der Waals surface area contributed by atoms with Crippen LogP contribution in [-0.4, -0.2) is 25.5 Å².